The van der Waals surface area contributed by atoms with E-state index in [2.05, 4.69) is 15.5 Å². The molecular weight excluding hydrogens is 208 g/mol. The van der Waals surface area contributed by atoms with Crippen molar-refractivity contribution >= 4 is 0 Å². The Balaban J connectivity index is 2.45. The lowest BCUT2D eigenvalue weighted by molar-refractivity contribution is 0.268. The molecule has 1 heterocycles. The van der Waals surface area contributed by atoms with E-state index in [1.165, 1.54) is 4.68 Å². The van der Waals surface area contributed by atoms with E-state index in [-0.39, 0.29) is 6.61 Å². The fourth-order valence-corrected chi connectivity index (χ4v) is 1.50. The van der Waals surface area contributed by atoms with Crippen LogP contribution in [0.4, 0.5) is 0 Å². The molecule has 0 atom stereocenters. The molecule has 1 aromatic carbocycles. The van der Waals surface area contributed by atoms with Gasteiger partial charge < -0.3 is 9.84 Å². The molecule has 0 unspecified atom stereocenters. The normalized spacial score (nSPS) is 10.4. The van der Waals surface area contributed by atoms with Crippen LogP contribution in [0.25, 0.3) is 5.69 Å². The number of aromatic nitrogens is 4. The molecule has 84 valence electrons. The van der Waals surface area contributed by atoms with Gasteiger partial charge in [0, 0.05) is 0 Å². The highest BCUT2D eigenvalue weighted by Crippen LogP contribution is 2.20. The van der Waals surface area contributed by atoms with Gasteiger partial charge in [-0.3, -0.25) is 0 Å². The van der Waals surface area contributed by atoms with E-state index in [1.54, 1.807) is 7.11 Å². The quantitative estimate of drug-likeness (QED) is 0.814. The van der Waals surface area contributed by atoms with E-state index < -0.39 is 0 Å². The van der Waals surface area contributed by atoms with E-state index in [1.807, 2.05) is 25.1 Å². The molecule has 0 aliphatic rings. The Morgan fingerprint density at radius 3 is 2.88 bits per heavy atom. The van der Waals surface area contributed by atoms with Crippen LogP contribution in [-0.2, 0) is 6.61 Å². The van der Waals surface area contributed by atoms with E-state index in [9.17, 15) is 0 Å². The molecule has 0 amide bonds. The molecular formula is C10H12N4O2. The minimum atomic E-state index is -0.196. The van der Waals surface area contributed by atoms with E-state index in [4.69, 9.17) is 9.84 Å². The zero-order chi connectivity index (χ0) is 11.5. The molecule has 2 aromatic rings. The van der Waals surface area contributed by atoms with Gasteiger partial charge in [0.15, 0.2) is 5.82 Å². The van der Waals surface area contributed by atoms with E-state index in [0.717, 1.165) is 17.0 Å². The van der Waals surface area contributed by atoms with Crippen molar-refractivity contribution in [3.8, 4) is 11.4 Å². The Morgan fingerprint density at radius 2 is 2.25 bits per heavy atom. The van der Waals surface area contributed by atoms with Crippen molar-refractivity contribution in [2.24, 2.45) is 0 Å². The first-order valence-corrected chi connectivity index (χ1v) is 4.79. The van der Waals surface area contributed by atoms with Crippen molar-refractivity contribution in [1.29, 1.82) is 0 Å². The molecule has 0 fully saturated rings. The number of benzene rings is 1. The maximum Gasteiger partial charge on any atom is 0.182 e. The first kappa shape index (κ1) is 10.6. The second-order valence-corrected chi connectivity index (χ2v) is 3.32. The summed E-state index contributed by atoms with van der Waals surface area (Å²) in [7, 11) is 1.62. The number of rotatable bonds is 3. The van der Waals surface area contributed by atoms with Gasteiger partial charge in [0.25, 0.3) is 0 Å². The number of tetrazole rings is 1. The van der Waals surface area contributed by atoms with Crippen LogP contribution >= 0.6 is 0 Å². The smallest absolute Gasteiger partial charge is 0.182 e. The highest BCUT2D eigenvalue weighted by atomic mass is 16.5. The van der Waals surface area contributed by atoms with Crippen molar-refractivity contribution in [1.82, 2.24) is 20.2 Å². The molecule has 2 rings (SSSR count). The van der Waals surface area contributed by atoms with Gasteiger partial charge in [0.1, 0.15) is 12.4 Å². The summed E-state index contributed by atoms with van der Waals surface area (Å²) in [4.78, 5) is 0. The zero-order valence-corrected chi connectivity index (χ0v) is 9.08. The van der Waals surface area contributed by atoms with Gasteiger partial charge >= 0.3 is 0 Å². The number of aryl methyl sites for hydroxylation is 1. The van der Waals surface area contributed by atoms with Crippen LogP contribution in [0.15, 0.2) is 18.2 Å². The van der Waals surface area contributed by atoms with Gasteiger partial charge in [-0.05, 0) is 41.1 Å². The topological polar surface area (TPSA) is 73.1 Å². The SMILES string of the molecule is COc1ccc(-n2nnnc2CO)cc1C. The summed E-state index contributed by atoms with van der Waals surface area (Å²) >= 11 is 0. The van der Waals surface area contributed by atoms with Crippen molar-refractivity contribution in [3.63, 3.8) is 0 Å². The average Bonchev–Trinajstić information content (AvgIpc) is 2.77. The Labute approximate surface area is 92.5 Å². The highest BCUT2D eigenvalue weighted by molar-refractivity contribution is 5.43. The lowest BCUT2D eigenvalue weighted by atomic mass is 10.2. The zero-order valence-electron chi connectivity index (χ0n) is 9.08. The fraction of sp³-hybridized carbons (Fsp3) is 0.300. The number of aliphatic hydroxyl groups is 1. The predicted molar refractivity (Wildman–Crippen MR) is 56.4 cm³/mol. The maximum absolute atomic E-state index is 9.05. The molecule has 0 radical (unpaired) electrons. The minimum absolute atomic E-state index is 0.196. The van der Waals surface area contributed by atoms with Crippen molar-refractivity contribution in [3.05, 3.63) is 29.6 Å². The van der Waals surface area contributed by atoms with Crippen LogP contribution < -0.4 is 4.74 Å². The summed E-state index contributed by atoms with van der Waals surface area (Å²) in [5.74, 6) is 1.21. The summed E-state index contributed by atoms with van der Waals surface area (Å²) in [6, 6.07) is 5.57. The third-order valence-corrected chi connectivity index (χ3v) is 2.30. The maximum atomic E-state index is 9.05. The van der Waals surface area contributed by atoms with Crippen molar-refractivity contribution in [2.75, 3.05) is 7.11 Å². The molecule has 6 nitrogen and oxygen atoms in total. The second kappa shape index (κ2) is 4.28. The van der Waals surface area contributed by atoms with Gasteiger partial charge in [-0.15, -0.1) is 5.10 Å². The number of nitrogens with zero attached hydrogens (tertiary/aromatic N) is 4. The third-order valence-electron chi connectivity index (χ3n) is 2.30. The van der Waals surface area contributed by atoms with Crippen LogP contribution in [0, 0.1) is 6.92 Å². The molecule has 0 aliphatic carbocycles. The van der Waals surface area contributed by atoms with Gasteiger partial charge in [0.05, 0.1) is 12.8 Å². The van der Waals surface area contributed by atoms with Gasteiger partial charge in [-0.1, -0.05) is 0 Å². The summed E-state index contributed by atoms with van der Waals surface area (Å²) < 4.78 is 6.66. The Bertz CT molecular complexity index is 495. The van der Waals surface area contributed by atoms with Crippen LogP contribution in [0.5, 0.6) is 5.75 Å². The first-order valence-electron chi connectivity index (χ1n) is 4.79. The largest absolute Gasteiger partial charge is 0.496 e. The summed E-state index contributed by atoms with van der Waals surface area (Å²) in [6.45, 7) is 1.74. The number of hydrogen-bond acceptors (Lipinski definition) is 5. The molecule has 0 bridgehead atoms. The first-order chi connectivity index (χ1) is 7.76. The number of methoxy groups -OCH3 is 1. The number of hydrogen-bond donors (Lipinski definition) is 1. The lowest BCUT2D eigenvalue weighted by Crippen LogP contribution is -2.03. The van der Waals surface area contributed by atoms with Crippen LogP contribution in [0.2, 0.25) is 0 Å². The predicted octanol–water partition coefficient (Wildman–Crippen LogP) is 0.472. The number of aliphatic hydroxyl groups excluding tert-OH is 1. The Kier molecular flexibility index (Phi) is 2.82. The molecule has 1 aromatic heterocycles. The monoisotopic (exact) mass is 220 g/mol. The van der Waals surface area contributed by atoms with Gasteiger partial charge in [0.2, 0.25) is 0 Å². The van der Waals surface area contributed by atoms with Gasteiger partial charge in [-0.25, -0.2) is 0 Å². The summed E-state index contributed by atoms with van der Waals surface area (Å²) in [5.41, 5.74) is 1.78. The average molecular weight is 220 g/mol. The van der Waals surface area contributed by atoms with Crippen LogP contribution in [0.1, 0.15) is 11.4 Å². The molecule has 0 aliphatic heterocycles. The van der Waals surface area contributed by atoms with Crippen LogP contribution in [0.3, 0.4) is 0 Å². The van der Waals surface area contributed by atoms with E-state index >= 15 is 0 Å². The third kappa shape index (κ3) is 1.74. The van der Waals surface area contributed by atoms with Crippen molar-refractivity contribution < 1.29 is 9.84 Å². The second-order valence-electron chi connectivity index (χ2n) is 3.32. The summed E-state index contributed by atoms with van der Waals surface area (Å²) in [6.07, 6.45) is 0. The number of ether oxygens (including phenoxy) is 1. The minimum Gasteiger partial charge on any atom is -0.496 e. The van der Waals surface area contributed by atoms with Crippen LogP contribution in [-0.4, -0.2) is 32.4 Å². The van der Waals surface area contributed by atoms with Gasteiger partial charge in [-0.2, -0.15) is 4.68 Å². The van der Waals surface area contributed by atoms with Crippen molar-refractivity contribution in [2.45, 2.75) is 13.5 Å². The standard InChI is InChI=1S/C10H12N4O2/c1-7-5-8(3-4-9(7)16-2)14-10(6-15)11-12-13-14/h3-5,15H,6H2,1-2H3. The molecule has 0 saturated carbocycles. The molecule has 16 heavy (non-hydrogen) atoms. The van der Waals surface area contributed by atoms with E-state index in [0.29, 0.717) is 5.82 Å². The molecule has 0 spiro atoms. The molecule has 0 saturated heterocycles. The molecule has 1 N–H and O–H groups in total. The Morgan fingerprint density at radius 1 is 1.44 bits per heavy atom. The Hall–Kier alpha value is -1.95. The fourth-order valence-electron chi connectivity index (χ4n) is 1.50. The highest BCUT2D eigenvalue weighted by Gasteiger charge is 2.08. The summed E-state index contributed by atoms with van der Waals surface area (Å²) in [5, 5.41) is 20.1. The lowest BCUT2D eigenvalue weighted by Gasteiger charge is -2.07. The molecule has 6 heteroatoms.